The second-order valence-electron chi connectivity index (χ2n) is 9.80. The van der Waals surface area contributed by atoms with E-state index in [0.717, 1.165) is 36.3 Å². The molecular formula is C33H32F3NO5. The van der Waals surface area contributed by atoms with Crippen molar-refractivity contribution in [3.05, 3.63) is 101 Å². The van der Waals surface area contributed by atoms with Gasteiger partial charge < -0.3 is 19.3 Å². The molecule has 0 aromatic heterocycles. The number of ether oxygens (including phenoxy) is 3. The molecule has 1 atom stereocenters. The van der Waals surface area contributed by atoms with Crippen LogP contribution >= 0.6 is 0 Å². The van der Waals surface area contributed by atoms with E-state index in [-0.39, 0.29) is 6.61 Å². The molecule has 1 aliphatic rings. The maximum Gasteiger partial charge on any atom is 0.416 e. The van der Waals surface area contributed by atoms with Gasteiger partial charge in [-0.25, -0.2) is 4.79 Å². The average molecular weight is 580 g/mol. The van der Waals surface area contributed by atoms with Crippen LogP contribution in [0, 0.1) is 18.8 Å². The lowest BCUT2D eigenvalue weighted by Gasteiger charge is -2.24. The Bertz CT molecular complexity index is 1470. The molecule has 0 spiro atoms. The largest absolute Gasteiger partial charge is 0.489 e. The Morgan fingerprint density at radius 2 is 1.81 bits per heavy atom. The molecule has 9 heteroatoms. The first-order chi connectivity index (χ1) is 20.1. The third-order valence-electron chi connectivity index (χ3n) is 6.67. The van der Waals surface area contributed by atoms with Gasteiger partial charge >= 0.3 is 12.1 Å². The maximum atomic E-state index is 13.5. The lowest BCUT2D eigenvalue weighted by atomic mass is 9.95. The highest BCUT2D eigenvalue weighted by atomic mass is 19.4. The number of benzene rings is 3. The summed E-state index contributed by atoms with van der Waals surface area (Å²) in [7, 11) is 0. The molecule has 1 heterocycles. The third-order valence-corrected chi connectivity index (χ3v) is 6.67. The highest BCUT2D eigenvalue weighted by molar-refractivity contribution is 5.80. The first kappa shape index (κ1) is 30.7. The van der Waals surface area contributed by atoms with Crippen molar-refractivity contribution < 1.29 is 37.3 Å². The summed E-state index contributed by atoms with van der Waals surface area (Å²) in [5.41, 5.74) is 2.47. The van der Waals surface area contributed by atoms with Gasteiger partial charge in [0.25, 0.3) is 0 Å². The molecule has 3 aromatic carbocycles. The third kappa shape index (κ3) is 8.62. The first-order valence-corrected chi connectivity index (χ1v) is 13.5. The first-order valence-electron chi connectivity index (χ1n) is 13.5. The van der Waals surface area contributed by atoms with E-state index in [1.54, 1.807) is 37.3 Å². The summed E-state index contributed by atoms with van der Waals surface area (Å²) in [6.45, 7) is 7.04. The van der Waals surface area contributed by atoms with Crippen molar-refractivity contribution in [3.63, 3.8) is 0 Å². The number of halogens is 3. The molecule has 0 bridgehead atoms. The predicted octanol–water partition coefficient (Wildman–Crippen LogP) is 6.06. The second kappa shape index (κ2) is 14.1. The molecule has 1 N–H and O–H groups in total. The van der Waals surface area contributed by atoms with Crippen molar-refractivity contribution >= 4 is 11.5 Å². The van der Waals surface area contributed by atoms with Crippen LogP contribution in [0.4, 0.5) is 13.2 Å². The number of alkyl halides is 3. The molecule has 6 nitrogen and oxygen atoms in total. The predicted molar refractivity (Wildman–Crippen MR) is 154 cm³/mol. The van der Waals surface area contributed by atoms with Gasteiger partial charge in [-0.1, -0.05) is 36.1 Å². The van der Waals surface area contributed by atoms with E-state index < -0.39 is 23.8 Å². The fraction of sp³-hybridized carbons (Fsp3) is 0.303. The van der Waals surface area contributed by atoms with Gasteiger partial charge in [0.05, 0.1) is 25.3 Å². The topological polar surface area (TPSA) is 68.2 Å². The van der Waals surface area contributed by atoms with Crippen molar-refractivity contribution in [2.75, 3.05) is 39.5 Å². The molecule has 220 valence electrons. The minimum Gasteiger partial charge on any atom is -0.489 e. The maximum absolute atomic E-state index is 13.5. The molecule has 1 unspecified atom stereocenters. The van der Waals surface area contributed by atoms with Crippen molar-refractivity contribution in [1.29, 1.82) is 0 Å². The zero-order valence-electron chi connectivity index (χ0n) is 23.4. The lowest BCUT2D eigenvalue weighted by Crippen LogP contribution is -2.36. The molecule has 1 aliphatic heterocycles. The van der Waals surface area contributed by atoms with Gasteiger partial charge in [-0.05, 0) is 84.7 Å². The van der Waals surface area contributed by atoms with E-state index in [1.807, 2.05) is 24.3 Å². The molecule has 1 fully saturated rings. The van der Waals surface area contributed by atoms with E-state index in [9.17, 15) is 18.0 Å². The number of nitrogens with zero attached hydrogens (tertiary/aromatic N) is 1. The van der Waals surface area contributed by atoms with E-state index in [1.165, 1.54) is 13.0 Å². The van der Waals surface area contributed by atoms with Gasteiger partial charge in [0, 0.05) is 18.7 Å². The number of morpholine rings is 1. The van der Waals surface area contributed by atoms with Gasteiger partial charge in [0.15, 0.2) is 6.10 Å². The summed E-state index contributed by atoms with van der Waals surface area (Å²) in [6.07, 6.45) is -3.74. The van der Waals surface area contributed by atoms with Crippen molar-refractivity contribution in [1.82, 2.24) is 4.90 Å². The van der Waals surface area contributed by atoms with Gasteiger partial charge in [0.2, 0.25) is 0 Å². The van der Waals surface area contributed by atoms with Crippen molar-refractivity contribution in [3.8, 4) is 23.3 Å². The Hall–Kier alpha value is -4.26. The van der Waals surface area contributed by atoms with Gasteiger partial charge in [0.1, 0.15) is 18.1 Å². The lowest BCUT2D eigenvalue weighted by molar-refractivity contribution is -0.144. The summed E-state index contributed by atoms with van der Waals surface area (Å²) in [6, 6.07) is 17.6. The number of aliphatic carboxylic acids is 1. The summed E-state index contributed by atoms with van der Waals surface area (Å²) in [5.74, 6) is 6.18. The Morgan fingerprint density at radius 1 is 1.07 bits per heavy atom. The highest BCUT2D eigenvalue weighted by Crippen LogP contribution is 2.33. The van der Waals surface area contributed by atoms with E-state index in [2.05, 4.69) is 16.7 Å². The van der Waals surface area contributed by atoms with Crippen molar-refractivity contribution in [2.45, 2.75) is 26.1 Å². The van der Waals surface area contributed by atoms with Crippen LogP contribution in [0.5, 0.6) is 11.5 Å². The van der Waals surface area contributed by atoms with Gasteiger partial charge in [-0.15, -0.1) is 0 Å². The molecular weight excluding hydrogens is 547 g/mol. The zero-order valence-corrected chi connectivity index (χ0v) is 23.4. The number of hydrogen-bond donors (Lipinski definition) is 1. The number of rotatable bonds is 9. The minimum atomic E-state index is -4.48. The smallest absolute Gasteiger partial charge is 0.416 e. The number of carboxylic acids is 1. The average Bonchev–Trinajstić information content (AvgIpc) is 2.97. The minimum absolute atomic E-state index is 0.0812. The molecule has 4 rings (SSSR count). The van der Waals surface area contributed by atoms with Crippen LogP contribution in [0.2, 0.25) is 0 Å². The Morgan fingerprint density at radius 3 is 2.48 bits per heavy atom. The van der Waals surface area contributed by atoms with Crippen LogP contribution in [-0.2, 0) is 15.7 Å². The number of hydrogen-bond acceptors (Lipinski definition) is 5. The highest BCUT2D eigenvalue weighted by Gasteiger charge is 2.30. The fourth-order valence-corrected chi connectivity index (χ4v) is 4.32. The SMILES string of the molecule is Cc1cc(OCC=C(c2ccc(C#CCN3CCOCC3)cc2)c2cccc(C(F)(F)F)c2)ccc1OC(C)C(=O)O. The summed E-state index contributed by atoms with van der Waals surface area (Å²) < 4.78 is 57.2. The van der Waals surface area contributed by atoms with E-state index in [0.29, 0.717) is 48.0 Å². The van der Waals surface area contributed by atoms with E-state index >= 15 is 0 Å². The Balaban J connectivity index is 1.53. The standard InChI is InChI=1S/C33H32F3NO5/c1-23-21-29(12-13-31(23)42-24(2)32(38)39)41-18-14-30(27-6-3-7-28(22-27)33(34,35)36)26-10-8-25(9-11-26)5-4-15-37-16-19-40-20-17-37/h3,6-14,21-22,24H,15-20H2,1-2H3,(H,38,39). The Kier molecular flexibility index (Phi) is 10.3. The molecule has 1 saturated heterocycles. The summed E-state index contributed by atoms with van der Waals surface area (Å²) in [4.78, 5) is 13.3. The monoisotopic (exact) mass is 579 g/mol. The van der Waals surface area contributed by atoms with Crippen LogP contribution in [0.15, 0.2) is 72.8 Å². The molecule has 0 saturated carbocycles. The van der Waals surface area contributed by atoms with Crippen molar-refractivity contribution in [2.24, 2.45) is 0 Å². The number of aryl methyl sites for hydroxylation is 1. The molecule has 0 radical (unpaired) electrons. The van der Waals surface area contributed by atoms with Gasteiger partial charge in [-0.2, -0.15) is 13.2 Å². The normalized spacial score (nSPS) is 14.9. The van der Waals surface area contributed by atoms with Crippen LogP contribution in [-0.4, -0.2) is 61.5 Å². The Labute approximate surface area is 243 Å². The quantitative estimate of drug-likeness (QED) is 0.311. The van der Waals surface area contributed by atoms with Crippen LogP contribution < -0.4 is 9.47 Å². The van der Waals surface area contributed by atoms with Gasteiger partial charge in [-0.3, -0.25) is 4.90 Å². The molecule has 0 aliphatic carbocycles. The van der Waals surface area contributed by atoms with E-state index in [4.69, 9.17) is 19.3 Å². The summed E-state index contributed by atoms with van der Waals surface area (Å²) >= 11 is 0. The number of carbonyl (C=O) groups is 1. The zero-order chi connectivity index (χ0) is 30.1. The van der Waals surface area contributed by atoms with Crippen LogP contribution in [0.3, 0.4) is 0 Å². The van der Waals surface area contributed by atoms with Crippen LogP contribution in [0.1, 0.15) is 34.7 Å². The van der Waals surface area contributed by atoms with Crippen LogP contribution in [0.25, 0.3) is 5.57 Å². The fourth-order valence-electron chi connectivity index (χ4n) is 4.32. The second-order valence-corrected chi connectivity index (χ2v) is 9.80. The molecule has 0 amide bonds. The summed E-state index contributed by atoms with van der Waals surface area (Å²) in [5, 5.41) is 9.08. The number of carboxylic acid groups (broad SMARTS) is 1. The molecule has 42 heavy (non-hydrogen) atoms. The molecule has 3 aromatic rings.